The number of hydrogen-bond donors (Lipinski definition) is 3. The highest BCUT2D eigenvalue weighted by molar-refractivity contribution is 9.09. The van der Waals surface area contributed by atoms with E-state index >= 15 is 0 Å². The van der Waals surface area contributed by atoms with Crippen LogP contribution in [0.3, 0.4) is 0 Å². The number of aliphatic hydroxyl groups is 3. The van der Waals surface area contributed by atoms with Crippen molar-refractivity contribution in [3.63, 3.8) is 0 Å². The van der Waals surface area contributed by atoms with Gasteiger partial charge in [-0.3, -0.25) is 4.79 Å². The van der Waals surface area contributed by atoms with Crippen molar-refractivity contribution in [3.8, 4) is 0 Å². The molecule has 1 aliphatic carbocycles. The van der Waals surface area contributed by atoms with Gasteiger partial charge in [0.15, 0.2) is 5.01 Å². The minimum atomic E-state index is -0.518. The molecule has 174 valence electrons. The quantitative estimate of drug-likeness (QED) is 0.162. The maximum absolute atomic E-state index is 11.5. The van der Waals surface area contributed by atoms with Gasteiger partial charge in [0.2, 0.25) is 0 Å². The molecule has 1 aliphatic rings. The van der Waals surface area contributed by atoms with E-state index in [1.54, 1.807) is 6.92 Å². The lowest BCUT2D eigenvalue weighted by atomic mass is 9.85. The molecule has 0 radical (unpaired) electrons. The number of rotatable bonds is 13. The molecule has 6 atom stereocenters. The number of carbonyl (C=O) groups is 1. The number of allylic oxidation sites excluding steroid dienone is 2. The third-order valence-corrected chi connectivity index (χ3v) is 6.27. The molecular formula is C25H37BrO5. The first-order valence-electron chi connectivity index (χ1n) is 11.4. The second-order valence-corrected chi connectivity index (χ2v) is 9.88. The summed E-state index contributed by atoms with van der Waals surface area (Å²) < 4.78 is 5.04. The molecule has 0 amide bonds. The Hall–Kier alpha value is -1.21. The van der Waals surface area contributed by atoms with E-state index < -0.39 is 18.3 Å². The van der Waals surface area contributed by atoms with E-state index in [1.165, 1.54) is 5.56 Å². The molecule has 3 N–H and O–H groups in total. The van der Waals surface area contributed by atoms with Crippen molar-refractivity contribution >= 4 is 21.9 Å². The molecule has 1 unspecified atom stereocenters. The first-order chi connectivity index (χ1) is 14.9. The van der Waals surface area contributed by atoms with Crippen LogP contribution in [0.5, 0.6) is 0 Å². The van der Waals surface area contributed by atoms with Crippen LogP contribution < -0.4 is 0 Å². The van der Waals surface area contributed by atoms with E-state index in [1.807, 2.05) is 30.4 Å². The van der Waals surface area contributed by atoms with E-state index in [0.717, 1.165) is 19.3 Å². The van der Waals surface area contributed by atoms with E-state index in [9.17, 15) is 20.1 Å². The first kappa shape index (κ1) is 26.0. The molecule has 0 bridgehead atoms. The predicted octanol–water partition coefficient (Wildman–Crippen LogP) is 4.52. The van der Waals surface area contributed by atoms with Crippen LogP contribution in [0.25, 0.3) is 0 Å². The Balaban J connectivity index is 1.70. The minimum absolute atomic E-state index is 0.00131. The summed E-state index contributed by atoms with van der Waals surface area (Å²) in [6.45, 7) is 1.76. The molecule has 1 fully saturated rings. The van der Waals surface area contributed by atoms with Gasteiger partial charge in [-0.1, -0.05) is 42.5 Å². The van der Waals surface area contributed by atoms with Gasteiger partial charge in [0, 0.05) is 6.42 Å². The average molecular weight is 497 g/mol. The van der Waals surface area contributed by atoms with Gasteiger partial charge in [0.25, 0.3) is 0 Å². The number of unbranched alkanes of at least 4 members (excludes halogenated alkanes) is 1. The maximum atomic E-state index is 11.5. The zero-order valence-electron chi connectivity index (χ0n) is 18.4. The number of aryl methyl sites for hydroxylation is 1. The minimum Gasteiger partial charge on any atom is -0.451 e. The molecule has 5 nitrogen and oxygen atoms in total. The Labute approximate surface area is 194 Å². The monoisotopic (exact) mass is 496 g/mol. The number of carbonyl (C=O) groups excluding carboxylic acids is 1. The third-order valence-electron chi connectivity index (χ3n) is 6.08. The summed E-state index contributed by atoms with van der Waals surface area (Å²) >= 11 is 3.19. The molecular weight excluding hydrogens is 460 g/mol. The molecule has 0 heterocycles. The molecule has 1 aromatic carbocycles. The lowest BCUT2D eigenvalue weighted by Gasteiger charge is -2.23. The van der Waals surface area contributed by atoms with Gasteiger partial charge >= 0.3 is 5.97 Å². The molecule has 6 heteroatoms. The third kappa shape index (κ3) is 9.85. The van der Waals surface area contributed by atoms with Crippen molar-refractivity contribution in [2.45, 2.75) is 88.0 Å². The van der Waals surface area contributed by atoms with Gasteiger partial charge in [-0.25, -0.2) is 0 Å². The smallest absolute Gasteiger partial charge is 0.306 e. The molecule has 0 aromatic heterocycles. The summed E-state index contributed by atoms with van der Waals surface area (Å²) in [6, 6.07) is 10.1. The van der Waals surface area contributed by atoms with Crippen LogP contribution in [0, 0.1) is 11.8 Å². The normalized spacial score (nSPS) is 25.6. The summed E-state index contributed by atoms with van der Waals surface area (Å²) in [4.78, 5) is 11.5. The molecule has 0 saturated heterocycles. The van der Waals surface area contributed by atoms with Crippen molar-refractivity contribution < 1.29 is 24.9 Å². The van der Waals surface area contributed by atoms with E-state index in [2.05, 4.69) is 28.1 Å². The van der Waals surface area contributed by atoms with Crippen LogP contribution in [0.1, 0.15) is 63.9 Å². The van der Waals surface area contributed by atoms with Gasteiger partial charge < -0.3 is 20.1 Å². The van der Waals surface area contributed by atoms with E-state index in [0.29, 0.717) is 38.5 Å². The molecule has 31 heavy (non-hydrogen) atoms. The largest absolute Gasteiger partial charge is 0.451 e. The maximum Gasteiger partial charge on any atom is 0.306 e. The van der Waals surface area contributed by atoms with Crippen LogP contribution in [0.15, 0.2) is 42.5 Å². The Morgan fingerprint density at radius 3 is 2.58 bits per heavy atom. The van der Waals surface area contributed by atoms with Gasteiger partial charge in [0.1, 0.15) is 0 Å². The Kier molecular flexibility index (Phi) is 11.8. The van der Waals surface area contributed by atoms with Crippen molar-refractivity contribution in [2.24, 2.45) is 11.8 Å². The summed E-state index contributed by atoms with van der Waals surface area (Å²) in [6.07, 6.45) is 8.53. The molecule has 2 rings (SSSR count). The number of benzene rings is 1. The number of alkyl halides is 1. The van der Waals surface area contributed by atoms with Gasteiger partial charge in [-0.15, -0.1) is 0 Å². The molecule has 1 aromatic rings. The lowest BCUT2D eigenvalue weighted by molar-refractivity contribution is -0.144. The van der Waals surface area contributed by atoms with Gasteiger partial charge in [-0.05, 0) is 91.6 Å². The van der Waals surface area contributed by atoms with Crippen molar-refractivity contribution in [1.29, 1.82) is 0 Å². The highest BCUT2D eigenvalue weighted by Crippen LogP contribution is 2.38. The molecule has 0 aliphatic heterocycles. The number of halogens is 1. The Morgan fingerprint density at radius 1 is 1.16 bits per heavy atom. The van der Waals surface area contributed by atoms with E-state index in [-0.39, 0.29) is 22.8 Å². The second-order valence-electron chi connectivity index (χ2n) is 8.59. The van der Waals surface area contributed by atoms with Gasteiger partial charge in [-0.2, -0.15) is 0 Å². The van der Waals surface area contributed by atoms with Crippen molar-refractivity contribution in [3.05, 3.63) is 48.0 Å². The average Bonchev–Trinajstić information content (AvgIpc) is 3.00. The van der Waals surface area contributed by atoms with Crippen molar-refractivity contribution in [2.75, 3.05) is 0 Å². The number of aliphatic hydroxyl groups excluding tert-OH is 3. The predicted molar refractivity (Wildman–Crippen MR) is 126 cm³/mol. The standard InChI is InChI=1S/C25H37BrO5/c1-18(26)31-25(30)12-8-3-2-7-11-21-22(24(29)17-23(21)28)16-15-20(27)14-13-19-9-5-4-6-10-19/h2,4-7,9-10,18,20-24,27-29H,3,8,11-17H2,1H3/b7-2+/t18?,20-,21+,22+,23-,24+/m0/s1. The van der Waals surface area contributed by atoms with Gasteiger partial charge in [0.05, 0.1) is 18.3 Å². The van der Waals surface area contributed by atoms with Crippen LogP contribution in [0.2, 0.25) is 0 Å². The van der Waals surface area contributed by atoms with Crippen LogP contribution in [0.4, 0.5) is 0 Å². The fourth-order valence-corrected chi connectivity index (χ4v) is 4.60. The second kappa shape index (κ2) is 14.0. The number of ether oxygens (including phenoxy) is 1. The zero-order chi connectivity index (χ0) is 22.6. The molecule has 1 saturated carbocycles. The first-order valence-corrected chi connectivity index (χ1v) is 12.3. The summed E-state index contributed by atoms with van der Waals surface area (Å²) in [7, 11) is 0. The Bertz CT molecular complexity index is 663. The highest BCUT2D eigenvalue weighted by atomic mass is 79.9. The molecule has 0 spiro atoms. The zero-order valence-corrected chi connectivity index (χ0v) is 20.0. The fourth-order valence-electron chi connectivity index (χ4n) is 4.39. The highest BCUT2D eigenvalue weighted by Gasteiger charge is 2.40. The fraction of sp³-hybridized carbons (Fsp3) is 0.640. The summed E-state index contributed by atoms with van der Waals surface area (Å²) in [5, 5.41) is 30.9. The summed E-state index contributed by atoms with van der Waals surface area (Å²) in [5.41, 5.74) is 1.22. The van der Waals surface area contributed by atoms with Crippen LogP contribution in [-0.4, -0.2) is 44.6 Å². The summed E-state index contributed by atoms with van der Waals surface area (Å²) in [5.74, 6) is -0.203. The Morgan fingerprint density at radius 2 is 1.87 bits per heavy atom. The van der Waals surface area contributed by atoms with E-state index in [4.69, 9.17) is 4.74 Å². The SMILES string of the molecule is CC(Br)OC(=O)CCC/C=C/C[C@@H]1[C@@H](CC[C@@H](O)CCc2ccccc2)[C@H](O)C[C@@H]1O. The number of hydrogen-bond acceptors (Lipinski definition) is 5. The topological polar surface area (TPSA) is 87.0 Å². The van der Waals surface area contributed by atoms with Crippen LogP contribution >= 0.6 is 15.9 Å². The lowest BCUT2D eigenvalue weighted by Crippen LogP contribution is -2.23. The van der Waals surface area contributed by atoms with Crippen LogP contribution in [-0.2, 0) is 16.0 Å². The van der Waals surface area contributed by atoms with Crippen molar-refractivity contribution in [1.82, 2.24) is 0 Å². The number of esters is 1.